The average molecular weight is 228 g/mol. The minimum atomic E-state index is -0.789. The van der Waals surface area contributed by atoms with E-state index in [0.717, 1.165) is 19.5 Å². The Kier molecular flexibility index (Phi) is 4.70. The molecule has 4 N–H and O–H groups in total. The van der Waals surface area contributed by atoms with Gasteiger partial charge in [0.25, 0.3) is 0 Å². The molecule has 0 radical (unpaired) electrons. The second kappa shape index (κ2) is 5.81. The molecule has 1 aliphatic heterocycles. The minimum Gasteiger partial charge on any atom is -0.351 e. The fourth-order valence-electron chi connectivity index (χ4n) is 2.18. The topological polar surface area (TPSA) is 87.5 Å². The lowest BCUT2D eigenvalue weighted by molar-refractivity contribution is -0.121. The third kappa shape index (κ3) is 3.79. The summed E-state index contributed by atoms with van der Waals surface area (Å²) in [7, 11) is 1.95. The molecule has 0 saturated carbocycles. The third-order valence-corrected chi connectivity index (χ3v) is 2.99. The zero-order valence-corrected chi connectivity index (χ0v) is 9.82. The Morgan fingerprint density at radius 1 is 1.50 bits per heavy atom. The third-order valence-electron chi connectivity index (χ3n) is 2.99. The highest BCUT2D eigenvalue weighted by Crippen LogP contribution is 2.15. The molecule has 1 heterocycles. The molecular weight excluding hydrogens is 208 g/mol. The van der Waals surface area contributed by atoms with Gasteiger partial charge in [-0.3, -0.25) is 15.0 Å². The summed E-state index contributed by atoms with van der Waals surface area (Å²) >= 11 is 0. The van der Waals surface area contributed by atoms with Gasteiger partial charge in [0.2, 0.25) is 5.91 Å². The molecule has 1 fully saturated rings. The Morgan fingerprint density at radius 2 is 2.19 bits per heavy atom. The first-order chi connectivity index (χ1) is 7.52. The van der Waals surface area contributed by atoms with Crippen LogP contribution in [0.3, 0.4) is 0 Å². The van der Waals surface area contributed by atoms with E-state index in [1.54, 1.807) is 0 Å². The predicted molar refractivity (Wildman–Crippen MR) is 60.8 cm³/mol. The largest absolute Gasteiger partial charge is 0.351 e. The van der Waals surface area contributed by atoms with Crippen molar-refractivity contribution in [2.24, 2.45) is 11.7 Å². The van der Waals surface area contributed by atoms with E-state index < -0.39 is 6.03 Å². The van der Waals surface area contributed by atoms with Crippen LogP contribution in [0.4, 0.5) is 4.79 Å². The molecule has 2 atom stereocenters. The van der Waals surface area contributed by atoms with Crippen molar-refractivity contribution in [1.82, 2.24) is 15.5 Å². The fraction of sp³-hybridized carbons (Fsp3) is 0.800. The van der Waals surface area contributed by atoms with Gasteiger partial charge in [0, 0.05) is 19.1 Å². The first-order valence-electron chi connectivity index (χ1n) is 5.52. The number of rotatable bonds is 3. The number of hydrogen-bond acceptors (Lipinski definition) is 4. The van der Waals surface area contributed by atoms with Crippen molar-refractivity contribution in [3.63, 3.8) is 0 Å². The van der Waals surface area contributed by atoms with Crippen molar-refractivity contribution in [1.29, 1.82) is 0 Å². The molecule has 1 aliphatic rings. The zero-order chi connectivity index (χ0) is 12.1. The van der Waals surface area contributed by atoms with Crippen molar-refractivity contribution in [2.75, 3.05) is 26.7 Å². The SMILES string of the molecule is CNC1CCN(CC(=O)NC(N)=O)CC1C. The highest BCUT2D eigenvalue weighted by molar-refractivity contribution is 5.94. The van der Waals surface area contributed by atoms with Crippen LogP contribution in [0, 0.1) is 5.92 Å². The molecule has 2 unspecified atom stereocenters. The number of piperidine rings is 1. The number of likely N-dealkylation sites (tertiary alicyclic amines) is 1. The number of urea groups is 1. The number of amides is 3. The molecular formula is C10H20N4O2. The van der Waals surface area contributed by atoms with Gasteiger partial charge in [-0.1, -0.05) is 6.92 Å². The van der Waals surface area contributed by atoms with E-state index >= 15 is 0 Å². The Labute approximate surface area is 95.5 Å². The monoisotopic (exact) mass is 228 g/mol. The molecule has 0 aromatic rings. The van der Waals surface area contributed by atoms with Crippen LogP contribution in [0.1, 0.15) is 13.3 Å². The summed E-state index contributed by atoms with van der Waals surface area (Å²) in [5.74, 6) is 0.169. The van der Waals surface area contributed by atoms with Gasteiger partial charge in [0.05, 0.1) is 6.54 Å². The first kappa shape index (κ1) is 12.9. The molecule has 1 rings (SSSR count). The van der Waals surface area contributed by atoms with Crippen molar-refractivity contribution >= 4 is 11.9 Å². The second-order valence-electron chi connectivity index (χ2n) is 4.31. The van der Waals surface area contributed by atoms with Crippen LogP contribution in [-0.2, 0) is 4.79 Å². The smallest absolute Gasteiger partial charge is 0.318 e. The summed E-state index contributed by atoms with van der Waals surface area (Å²) in [6.45, 7) is 4.11. The Hall–Kier alpha value is -1.14. The molecule has 1 saturated heterocycles. The number of primary amides is 1. The molecule has 0 aromatic carbocycles. The van der Waals surface area contributed by atoms with Crippen LogP contribution >= 0.6 is 0 Å². The normalized spacial score (nSPS) is 26.4. The molecule has 6 heteroatoms. The summed E-state index contributed by atoms with van der Waals surface area (Å²) in [6, 6.07) is -0.279. The lowest BCUT2D eigenvalue weighted by atomic mass is 9.94. The number of imide groups is 1. The average Bonchev–Trinajstić information content (AvgIpc) is 2.16. The minimum absolute atomic E-state index is 0.240. The summed E-state index contributed by atoms with van der Waals surface area (Å²) in [5.41, 5.74) is 4.87. The molecule has 0 aliphatic carbocycles. The maximum Gasteiger partial charge on any atom is 0.318 e. The summed E-state index contributed by atoms with van der Waals surface area (Å²) < 4.78 is 0. The standard InChI is InChI=1S/C10H20N4O2/c1-7-5-14(4-3-8(7)12-2)6-9(15)13-10(11)16/h7-8,12H,3-6H2,1-2H3,(H3,11,13,15,16). The Balaban J connectivity index is 2.35. The van der Waals surface area contributed by atoms with Gasteiger partial charge in [-0.2, -0.15) is 0 Å². The number of carbonyl (C=O) groups excluding carboxylic acids is 2. The van der Waals surface area contributed by atoms with Crippen molar-refractivity contribution < 1.29 is 9.59 Å². The highest BCUT2D eigenvalue weighted by Gasteiger charge is 2.25. The van der Waals surface area contributed by atoms with Gasteiger partial charge in [0.1, 0.15) is 0 Å². The van der Waals surface area contributed by atoms with Gasteiger partial charge in [-0.15, -0.1) is 0 Å². The van der Waals surface area contributed by atoms with Gasteiger partial charge in [-0.25, -0.2) is 4.79 Å². The van der Waals surface area contributed by atoms with Crippen LogP contribution in [-0.4, -0.2) is 49.6 Å². The van der Waals surface area contributed by atoms with E-state index in [9.17, 15) is 9.59 Å². The highest BCUT2D eigenvalue weighted by atomic mass is 16.2. The van der Waals surface area contributed by atoms with E-state index in [1.807, 2.05) is 11.9 Å². The lowest BCUT2D eigenvalue weighted by Gasteiger charge is -2.36. The zero-order valence-electron chi connectivity index (χ0n) is 9.82. The van der Waals surface area contributed by atoms with E-state index in [1.165, 1.54) is 0 Å². The van der Waals surface area contributed by atoms with E-state index in [0.29, 0.717) is 12.0 Å². The van der Waals surface area contributed by atoms with E-state index in [4.69, 9.17) is 5.73 Å². The van der Waals surface area contributed by atoms with E-state index in [-0.39, 0.29) is 12.5 Å². The maximum atomic E-state index is 11.3. The van der Waals surface area contributed by atoms with Gasteiger partial charge >= 0.3 is 6.03 Å². The number of hydrogen-bond donors (Lipinski definition) is 3. The lowest BCUT2D eigenvalue weighted by Crippen LogP contribution is -2.50. The van der Waals surface area contributed by atoms with Crippen LogP contribution in [0.5, 0.6) is 0 Å². The summed E-state index contributed by atoms with van der Waals surface area (Å²) in [5, 5.41) is 5.33. The van der Waals surface area contributed by atoms with Crippen LogP contribution in [0.15, 0.2) is 0 Å². The summed E-state index contributed by atoms with van der Waals surface area (Å²) in [6.07, 6.45) is 1.02. The summed E-state index contributed by atoms with van der Waals surface area (Å²) in [4.78, 5) is 23.8. The van der Waals surface area contributed by atoms with Crippen LogP contribution in [0.2, 0.25) is 0 Å². The molecule has 6 nitrogen and oxygen atoms in total. The van der Waals surface area contributed by atoms with Crippen molar-refractivity contribution in [3.05, 3.63) is 0 Å². The number of nitrogens with zero attached hydrogens (tertiary/aromatic N) is 1. The van der Waals surface area contributed by atoms with Gasteiger partial charge in [0.15, 0.2) is 0 Å². The Morgan fingerprint density at radius 3 is 2.69 bits per heavy atom. The molecule has 3 amide bonds. The molecule has 92 valence electrons. The Bertz CT molecular complexity index is 270. The second-order valence-corrected chi connectivity index (χ2v) is 4.31. The van der Waals surface area contributed by atoms with Gasteiger partial charge < -0.3 is 11.1 Å². The fourth-order valence-corrected chi connectivity index (χ4v) is 2.18. The number of carbonyl (C=O) groups is 2. The quantitative estimate of drug-likeness (QED) is 0.585. The molecule has 0 aromatic heterocycles. The molecule has 16 heavy (non-hydrogen) atoms. The maximum absolute atomic E-state index is 11.3. The molecule has 0 spiro atoms. The van der Waals surface area contributed by atoms with E-state index in [2.05, 4.69) is 17.6 Å². The predicted octanol–water partition coefficient (Wildman–Crippen LogP) is -0.889. The van der Waals surface area contributed by atoms with Crippen LogP contribution < -0.4 is 16.4 Å². The van der Waals surface area contributed by atoms with Crippen LogP contribution in [0.25, 0.3) is 0 Å². The van der Waals surface area contributed by atoms with Crippen molar-refractivity contribution in [3.8, 4) is 0 Å². The number of nitrogens with two attached hydrogens (primary N) is 1. The van der Waals surface area contributed by atoms with Gasteiger partial charge in [-0.05, 0) is 19.4 Å². The first-order valence-corrected chi connectivity index (χ1v) is 5.52. The molecule has 0 bridgehead atoms. The number of nitrogens with one attached hydrogen (secondary N) is 2. The van der Waals surface area contributed by atoms with Crippen molar-refractivity contribution in [2.45, 2.75) is 19.4 Å².